The van der Waals surface area contributed by atoms with Gasteiger partial charge in [0.15, 0.2) is 0 Å². The Morgan fingerprint density at radius 3 is 2.40 bits per heavy atom. The molecular weight excluding hydrogens is 182 g/mol. The molecule has 1 nitrogen and oxygen atoms in total. The molecule has 0 aromatic heterocycles. The van der Waals surface area contributed by atoms with Gasteiger partial charge in [-0.25, -0.2) is 0 Å². The molecule has 0 aliphatic rings. The average molecular weight is 207 g/mol. The Balaban J connectivity index is 0.000000921. The number of hydrogen-bond acceptors (Lipinski definition) is 1. The molecule has 1 heteroatoms. The van der Waals surface area contributed by atoms with E-state index in [1.165, 1.54) is 17.5 Å². The third-order valence-electron chi connectivity index (χ3n) is 2.52. The Morgan fingerprint density at radius 2 is 1.93 bits per heavy atom. The molecule has 1 rings (SSSR count). The highest BCUT2D eigenvalue weighted by molar-refractivity contribution is 5.25. The normalized spacial score (nSPS) is 11.5. The molecule has 0 heterocycles. The first-order chi connectivity index (χ1) is 7.27. The van der Waals surface area contributed by atoms with E-state index in [0.29, 0.717) is 5.92 Å². The summed E-state index contributed by atoms with van der Waals surface area (Å²) in [7, 11) is 0. The highest BCUT2D eigenvalue weighted by Crippen LogP contribution is 2.22. The van der Waals surface area contributed by atoms with Gasteiger partial charge in [0.25, 0.3) is 0 Å². The van der Waals surface area contributed by atoms with Gasteiger partial charge in [0.1, 0.15) is 0 Å². The molecule has 0 saturated carbocycles. The van der Waals surface area contributed by atoms with Crippen molar-refractivity contribution in [3.8, 4) is 0 Å². The second kappa shape index (κ2) is 8.49. The Labute approximate surface area is 94.7 Å². The van der Waals surface area contributed by atoms with Crippen molar-refractivity contribution in [2.75, 3.05) is 6.54 Å². The Kier molecular flexibility index (Phi) is 8.02. The Morgan fingerprint density at radius 1 is 1.27 bits per heavy atom. The van der Waals surface area contributed by atoms with Gasteiger partial charge in [-0.3, -0.25) is 0 Å². The fraction of sp³-hybridized carbons (Fsp3) is 0.571. The van der Waals surface area contributed by atoms with Crippen molar-refractivity contribution in [2.24, 2.45) is 5.73 Å². The van der Waals surface area contributed by atoms with Crippen molar-refractivity contribution in [1.29, 1.82) is 0 Å². The first kappa shape index (κ1) is 14.2. The average Bonchev–Trinajstić information content (AvgIpc) is 2.28. The van der Waals surface area contributed by atoms with Gasteiger partial charge in [-0.1, -0.05) is 50.6 Å². The molecule has 0 fully saturated rings. The summed E-state index contributed by atoms with van der Waals surface area (Å²) >= 11 is 0. The molecule has 0 spiro atoms. The minimum atomic E-state index is 0.643. The maximum absolute atomic E-state index is 5.58. The van der Waals surface area contributed by atoms with Crippen molar-refractivity contribution >= 4 is 0 Å². The summed E-state index contributed by atoms with van der Waals surface area (Å²) in [6.07, 6.45) is 2.28. The van der Waals surface area contributed by atoms with Crippen LogP contribution in [-0.2, 0) is 0 Å². The smallest absolute Gasteiger partial charge is 0.00714 e. The van der Waals surface area contributed by atoms with Crippen molar-refractivity contribution in [2.45, 2.75) is 46.5 Å². The van der Waals surface area contributed by atoms with Crippen molar-refractivity contribution < 1.29 is 0 Å². The molecule has 1 aromatic carbocycles. The number of hydrogen-bond donors (Lipinski definition) is 1. The zero-order valence-corrected chi connectivity index (χ0v) is 10.6. The number of rotatable bonds is 4. The van der Waals surface area contributed by atoms with E-state index in [2.05, 4.69) is 38.1 Å². The zero-order valence-electron chi connectivity index (χ0n) is 10.6. The lowest BCUT2D eigenvalue weighted by Gasteiger charge is -2.14. The van der Waals surface area contributed by atoms with Crippen molar-refractivity contribution in [1.82, 2.24) is 0 Å². The van der Waals surface area contributed by atoms with Gasteiger partial charge in [0.05, 0.1) is 0 Å². The second-order valence-corrected chi connectivity index (χ2v) is 3.60. The third kappa shape index (κ3) is 4.98. The number of nitrogens with two attached hydrogens (primary N) is 1. The van der Waals surface area contributed by atoms with E-state index in [9.17, 15) is 0 Å². The maximum Gasteiger partial charge on any atom is -0.00714 e. The van der Waals surface area contributed by atoms with Crippen LogP contribution in [0.3, 0.4) is 0 Å². The van der Waals surface area contributed by atoms with E-state index < -0.39 is 0 Å². The van der Waals surface area contributed by atoms with Gasteiger partial charge >= 0.3 is 0 Å². The fourth-order valence-electron chi connectivity index (χ4n) is 1.73. The quantitative estimate of drug-likeness (QED) is 0.797. The van der Waals surface area contributed by atoms with Gasteiger partial charge in [-0.2, -0.15) is 0 Å². The van der Waals surface area contributed by atoms with Crippen LogP contribution >= 0.6 is 0 Å². The van der Waals surface area contributed by atoms with Crippen LogP contribution in [0.25, 0.3) is 0 Å². The SMILES string of the molecule is CC.CCC(CCN)c1cccc(C)c1. The van der Waals surface area contributed by atoms with Crippen LogP contribution in [0.15, 0.2) is 24.3 Å². The minimum Gasteiger partial charge on any atom is -0.330 e. The van der Waals surface area contributed by atoms with Crippen LogP contribution in [-0.4, -0.2) is 6.54 Å². The van der Waals surface area contributed by atoms with E-state index in [1.54, 1.807) is 0 Å². The van der Waals surface area contributed by atoms with Crippen LogP contribution < -0.4 is 5.73 Å². The minimum absolute atomic E-state index is 0.643. The molecule has 0 aliphatic heterocycles. The molecule has 1 atom stereocenters. The Hall–Kier alpha value is -0.820. The second-order valence-electron chi connectivity index (χ2n) is 3.60. The van der Waals surface area contributed by atoms with Crippen LogP contribution in [0, 0.1) is 6.92 Å². The summed E-state index contributed by atoms with van der Waals surface area (Å²) in [5.41, 5.74) is 8.36. The van der Waals surface area contributed by atoms with Crippen LogP contribution in [0.2, 0.25) is 0 Å². The van der Waals surface area contributed by atoms with E-state index >= 15 is 0 Å². The van der Waals surface area contributed by atoms with Crippen LogP contribution in [0.5, 0.6) is 0 Å². The largest absolute Gasteiger partial charge is 0.330 e. The van der Waals surface area contributed by atoms with Gasteiger partial charge < -0.3 is 5.73 Å². The van der Waals surface area contributed by atoms with Crippen molar-refractivity contribution in [3.63, 3.8) is 0 Å². The predicted octanol–water partition coefficient (Wildman–Crippen LogP) is 3.86. The fourth-order valence-corrected chi connectivity index (χ4v) is 1.73. The monoisotopic (exact) mass is 207 g/mol. The molecule has 0 saturated heterocycles. The van der Waals surface area contributed by atoms with E-state index in [4.69, 9.17) is 5.73 Å². The summed E-state index contributed by atoms with van der Waals surface area (Å²) in [6.45, 7) is 9.15. The maximum atomic E-state index is 5.58. The number of benzene rings is 1. The van der Waals surface area contributed by atoms with E-state index in [1.807, 2.05) is 13.8 Å². The van der Waals surface area contributed by atoms with Crippen LogP contribution in [0.1, 0.15) is 50.7 Å². The van der Waals surface area contributed by atoms with Gasteiger partial charge in [-0.15, -0.1) is 0 Å². The summed E-state index contributed by atoms with van der Waals surface area (Å²) in [5.74, 6) is 0.643. The lowest BCUT2D eigenvalue weighted by atomic mass is 9.92. The first-order valence-electron chi connectivity index (χ1n) is 6.04. The zero-order chi connectivity index (χ0) is 11.7. The highest BCUT2D eigenvalue weighted by atomic mass is 14.5. The lowest BCUT2D eigenvalue weighted by molar-refractivity contribution is 0.614. The molecule has 0 radical (unpaired) electrons. The lowest BCUT2D eigenvalue weighted by Crippen LogP contribution is -2.06. The summed E-state index contributed by atoms with van der Waals surface area (Å²) in [6, 6.07) is 8.74. The van der Waals surface area contributed by atoms with Gasteiger partial charge in [0.2, 0.25) is 0 Å². The van der Waals surface area contributed by atoms with E-state index in [0.717, 1.165) is 13.0 Å². The number of aryl methyl sites for hydroxylation is 1. The van der Waals surface area contributed by atoms with Crippen LogP contribution in [0.4, 0.5) is 0 Å². The van der Waals surface area contributed by atoms with E-state index in [-0.39, 0.29) is 0 Å². The summed E-state index contributed by atoms with van der Waals surface area (Å²) < 4.78 is 0. The molecule has 1 aromatic rings. The van der Waals surface area contributed by atoms with Crippen molar-refractivity contribution in [3.05, 3.63) is 35.4 Å². The third-order valence-corrected chi connectivity index (χ3v) is 2.52. The molecular formula is C14H25N. The molecule has 2 N–H and O–H groups in total. The highest BCUT2D eigenvalue weighted by Gasteiger charge is 2.07. The standard InChI is InChI=1S/C12H19N.C2H6/c1-3-11(7-8-13)12-6-4-5-10(2)9-12;1-2/h4-6,9,11H,3,7-8,13H2,1-2H3;1-2H3. The summed E-state index contributed by atoms with van der Waals surface area (Å²) in [4.78, 5) is 0. The molecule has 15 heavy (non-hydrogen) atoms. The molecule has 1 unspecified atom stereocenters. The molecule has 0 bridgehead atoms. The molecule has 0 aliphatic carbocycles. The topological polar surface area (TPSA) is 26.0 Å². The van der Waals surface area contributed by atoms with Gasteiger partial charge in [-0.05, 0) is 37.8 Å². The molecule has 0 amide bonds. The predicted molar refractivity (Wildman–Crippen MR) is 69.2 cm³/mol. The van der Waals surface area contributed by atoms with Gasteiger partial charge in [0, 0.05) is 0 Å². The first-order valence-corrected chi connectivity index (χ1v) is 6.04. The Bertz CT molecular complexity index is 255. The summed E-state index contributed by atoms with van der Waals surface area (Å²) in [5, 5.41) is 0. The molecule has 86 valence electrons.